The maximum atomic E-state index is 11.1. The summed E-state index contributed by atoms with van der Waals surface area (Å²) >= 11 is 0. The summed E-state index contributed by atoms with van der Waals surface area (Å²) < 4.78 is 7.40. The molecule has 0 amide bonds. The molecule has 0 bridgehead atoms. The molecule has 0 saturated carbocycles. The van der Waals surface area contributed by atoms with Crippen LogP contribution in [0.15, 0.2) is 48.7 Å². The summed E-state index contributed by atoms with van der Waals surface area (Å²) in [5.74, 6) is 0.872. The van der Waals surface area contributed by atoms with E-state index in [2.05, 4.69) is 17.6 Å². The zero-order valence-corrected chi connectivity index (χ0v) is 12.2. The second-order valence-electron chi connectivity index (χ2n) is 5.13. The van der Waals surface area contributed by atoms with Gasteiger partial charge in [-0.3, -0.25) is 4.79 Å². The van der Waals surface area contributed by atoms with Gasteiger partial charge in [-0.1, -0.05) is 18.2 Å². The number of aldehydes is 1. The number of carbonyl (C=O) groups excluding carboxylic acids is 1. The van der Waals surface area contributed by atoms with E-state index in [4.69, 9.17) is 4.74 Å². The van der Waals surface area contributed by atoms with E-state index < -0.39 is 0 Å². The SMILES string of the molecule is COc1ccc(Cn2ccc3c(C=O)cccc32)c(C)c1. The number of methoxy groups -OCH3 is 1. The highest BCUT2D eigenvalue weighted by Crippen LogP contribution is 2.22. The lowest BCUT2D eigenvalue weighted by molar-refractivity contribution is 0.112. The molecule has 3 aromatic rings. The number of hydrogen-bond acceptors (Lipinski definition) is 2. The number of hydrogen-bond donors (Lipinski definition) is 0. The molecular formula is C18H17NO2. The van der Waals surface area contributed by atoms with Crippen molar-refractivity contribution in [1.29, 1.82) is 0 Å². The van der Waals surface area contributed by atoms with Crippen LogP contribution < -0.4 is 4.74 Å². The van der Waals surface area contributed by atoms with E-state index >= 15 is 0 Å². The van der Waals surface area contributed by atoms with Gasteiger partial charge in [0.05, 0.1) is 7.11 Å². The first-order chi connectivity index (χ1) is 10.2. The van der Waals surface area contributed by atoms with Gasteiger partial charge in [0, 0.05) is 29.2 Å². The fourth-order valence-electron chi connectivity index (χ4n) is 2.64. The predicted molar refractivity (Wildman–Crippen MR) is 84.2 cm³/mol. The Kier molecular flexibility index (Phi) is 3.48. The predicted octanol–water partition coefficient (Wildman–Crippen LogP) is 3.82. The minimum Gasteiger partial charge on any atom is -0.497 e. The molecule has 0 unspecified atom stereocenters. The van der Waals surface area contributed by atoms with Gasteiger partial charge in [-0.25, -0.2) is 0 Å². The first kappa shape index (κ1) is 13.4. The standard InChI is InChI=1S/C18H17NO2/c1-13-10-16(21-2)7-6-14(13)11-19-9-8-17-15(12-20)4-3-5-18(17)19/h3-10,12H,11H2,1-2H3. The summed E-state index contributed by atoms with van der Waals surface area (Å²) in [6.45, 7) is 2.86. The van der Waals surface area contributed by atoms with E-state index in [0.717, 1.165) is 35.0 Å². The molecule has 106 valence electrons. The van der Waals surface area contributed by atoms with E-state index in [0.29, 0.717) is 0 Å². The molecule has 1 heterocycles. The molecule has 0 aliphatic rings. The van der Waals surface area contributed by atoms with Crippen molar-refractivity contribution in [2.75, 3.05) is 7.11 Å². The molecule has 3 nitrogen and oxygen atoms in total. The molecule has 0 spiro atoms. The molecule has 0 N–H and O–H groups in total. The van der Waals surface area contributed by atoms with Crippen LogP contribution in [0.3, 0.4) is 0 Å². The Bertz CT molecular complexity index is 802. The van der Waals surface area contributed by atoms with Gasteiger partial charge in [0.2, 0.25) is 0 Å². The van der Waals surface area contributed by atoms with Gasteiger partial charge in [0.15, 0.2) is 6.29 Å². The highest BCUT2D eigenvalue weighted by Gasteiger charge is 2.07. The molecule has 0 fully saturated rings. The second-order valence-corrected chi connectivity index (χ2v) is 5.13. The Morgan fingerprint density at radius 1 is 1.19 bits per heavy atom. The van der Waals surface area contributed by atoms with E-state index in [1.165, 1.54) is 11.1 Å². The van der Waals surface area contributed by atoms with Crippen molar-refractivity contribution < 1.29 is 9.53 Å². The van der Waals surface area contributed by atoms with Gasteiger partial charge in [-0.2, -0.15) is 0 Å². The average molecular weight is 279 g/mol. The molecule has 3 heteroatoms. The van der Waals surface area contributed by atoms with E-state index in [1.807, 2.05) is 42.6 Å². The Hall–Kier alpha value is -2.55. The Morgan fingerprint density at radius 2 is 2.05 bits per heavy atom. The number of aryl methyl sites for hydroxylation is 1. The Morgan fingerprint density at radius 3 is 2.76 bits per heavy atom. The van der Waals surface area contributed by atoms with Gasteiger partial charge in [0.25, 0.3) is 0 Å². The fraction of sp³-hybridized carbons (Fsp3) is 0.167. The average Bonchev–Trinajstić information content (AvgIpc) is 2.92. The molecule has 21 heavy (non-hydrogen) atoms. The first-order valence-electron chi connectivity index (χ1n) is 6.89. The highest BCUT2D eigenvalue weighted by molar-refractivity contribution is 5.97. The minimum absolute atomic E-state index is 0.734. The van der Waals surface area contributed by atoms with Gasteiger partial charge in [-0.15, -0.1) is 0 Å². The summed E-state index contributed by atoms with van der Waals surface area (Å²) in [5.41, 5.74) is 4.25. The Labute approximate surface area is 123 Å². The maximum absolute atomic E-state index is 11.1. The van der Waals surface area contributed by atoms with Crippen molar-refractivity contribution in [1.82, 2.24) is 4.57 Å². The van der Waals surface area contributed by atoms with Crippen molar-refractivity contribution in [3.05, 3.63) is 65.4 Å². The summed E-state index contributed by atoms with van der Waals surface area (Å²) in [6, 6.07) is 13.9. The maximum Gasteiger partial charge on any atom is 0.150 e. The van der Waals surface area contributed by atoms with E-state index in [1.54, 1.807) is 7.11 Å². The normalized spacial score (nSPS) is 10.8. The number of ether oxygens (including phenoxy) is 1. The molecule has 0 radical (unpaired) electrons. The molecule has 2 aromatic carbocycles. The molecule has 3 rings (SSSR count). The summed E-state index contributed by atoms with van der Waals surface area (Å²) in [4.78, 5) is 11.1. The molecular weight excluding hydrogens is 262 g/mol. The monoisotopic (exact) mass is 279 g/mol. The zero-order valence-electron chi connectivity index (χ0n) is 12.2. The van der Waals surface area contributed by atoms with Crippen LogP contribution in [0.5, 0.6) is 5.75 Å². The van der Waals surface area contributed by atoms with Gasteiger partial charge in [-0.05, 0) is 42.3 Å². The molecule has 0 atom stereocenters. The molecule has 0 aliphatic carbocycles. The lowest BCUT2D eigenvalue weighted by atomic mass is 10.1. The number of carbonyl (C=O) groups is 1. The lowest BCUT2D eigenvalue weighted by Crippen LogP contribution is -2.00. The third-order valence-corrected chi connectivity index (χ3v) is 3.86. The zero-order chi connectivity index (χ0) is 14.8. The van der Waals surface area contributed by atoms with Crippen LogP contribution in [0.25, 0.3) is 10.9 Å². The second kappa shape index (κ2) is 5.44. The van der Waals surface area contributed by atoms with E-state index in [9.17, 15) is 4.79 Å². The van der Waals surface area contributed by atoms with Crippen molar-refractivity contribution in [2.24, 2.45) is 0 Å². The third-order valence-electron chi connectivity index (χ3n) is 3.86. The summed E-state index contributed by atoms with van der Waals surface area (Å²) in [7, 11) is 1.68. The van der Waals surface area contributed by atoms with Crippen LogP contribution in [0.1, 0.15) is 21.5 Å². The molecule has 1 aromatic heterocycles. The van der Waals surface area contributed by atoms with Crippen molar-refractivity contribution >= 4 is 17.2 Å². The number of benzene rings is 2. The third kappa shape index (κ3) is 2.42. The number of rotatable bonds is 4. The first-order valence-corrected chi connectivity index (χ1v) is 6.89. The fourth-order valence-corrected chi connectivity index (χ4v) is 2.64. The lowest BCUT2D eigenvalue weighted by Gasteiger charge is -2.10. The highest BCUT2D eigenvalue weighted by atomic mass is 16.5. The van der Waals surface area contributed by atoms with Crippen LogP contribution in [-0.2, 0) is 6.54 Å². The van der Waals surface area contributed by atoms with E-state index in [-0.39, 0.29) is 0 Å². The van der Waals surface area contributed by atoms with Crippen LogP contribution in [0.2, 0.25) is 0 Å². The quantitative estimate of drug-likeness (QED) is 0.680. The topological polar surface area (TPSA) is 31.2 Å². The number of aromatic nitrogens is 1. The number of fused-ring (bicyclic) bond motifs is 1. The van der Waals surface area contributed by atoms with Gasteiger partial charge in [0.1, 0.15) is 5.75 Å². The molecule has 0 saturated heterocycles. The largest absolute Gasteiger partial charge is 0.497 e. The van der Waals surface area contributed by atoms with Crippen LogP contribution in [0, 0.1) is 6.92 Å². The number of nitrogens with zero attached hydrogens (tertiary/aromatic N) is 1. The summed E-state index contributed by atoms with van der Waals surface area (Å²) in [5, 5.41) is 0.999. The van der Waals surface area contributed by atoms with Crippen molar-refractivity contribution in [2.45, 2.75) is 13.5 Å². The Balaban J connectivity index is 2.01. The van der Waals surface area contributed by atoms with Crippen LogP contribution >= 0.6 is 0 Å². The minimum atomic E-state index is 0.734. The summed E-state index contributed by atoms with van der Waals surface area (Å²) in [6.07, 6.45) is 2.94. The van der Waals surface area contributed by atoms with Crippen molar-refractivity contribution in [3.8, 4) is 5.75 Å². The van der Waals surface area contributed by atoms with Gasteiger partial charge >= 0.3 is 0 Å². The van der Waals surface area contributed by atoms with Crippen LogP contribution in [-0.4, -0.2) is 18.0 Å². The van der Waals surface area contributed by atoms with Crippen molar-refractivity contribution in [3.63, 3.8) is 0 Å². The molecule has 0 aliphatic heterocycles. The van der Waals surface area contributed by atoms with Crippen LogP contribution in [0.4, 0.5) is 0 Å². The smallest absolute Gasteiger partial charge is 0.150 e. The van der Waals surface area contributed by atoms with Gasteiger partial charge < -0.3 is 9.30 Å².